The van der Waals surface area contributed by atoms with Crippen LogP contribution in [0.2, 0.25) is 0 Å². The number of fused-ring (bicyclic) bond motifs is 2. The summed E-state index contributed by atoms with van der Waals surface area (Å²) in [5, 5.41) is 4.43. The van der Waals surface area contributed by atoms with Crippen LogP contribution in [0.3, 0.4) is 0 Å². The zero-order chi connectivity index (χ0) is 19.5. The summed E-state index contributed by atoms with van der Waals surface area (Å²) in [7, 11) is 1.81. The maximum Gasteiger partial charge on any atom is 0.246 e. The van der Waals surface area contributed by atoms with Crippen molar-refractivity contribution in [3.8, 4) is 5.75 Å². The van der Waals surface area contributed by atoms with Crippen LogP contribution in [0.25, 0.3) is 17.0 Å². The van der Waals surface area contributed by atoms with E-state index in [1.807, 2.05) is 18.2 Å². The number of aromatic amines is 1. The molecule has 2 N–H and O–H groups in total. The van der Waals surface area contributed by atoms with E-state index >= 15 is 0 Å². The van der Waals surface area contributed by atoms with E-state index in [4.69, 9.17) is 4.74 Å². The molecule has 6 nitrogen and oxygen atoms in total. The summed E-state index contributed by atoms with van der Waals surface area (Å²) in [6, 6.07) is 10.1. The lowest BCUT2D eigenvalue weighted by molar-refractivity contribution is -0.125. The molecule has 28 heavy (non-hydrogen) atoms. The molecule has 0 saturated carbocycles. The second-order valence-electron chi connectivity index (χ2n) is 7.05. The van der Waals surface area contributed by atoms with Gasteiger partial charge in [-0.15, -0.1) is 0 Å². The van der Waals surface area contributed by atoms with Gasteiger partial charge in [0.1, 0.15) is 0 Å². The van der Waals surface area contributed by atoms with Gasteiger partial charge in [0.15, 0.2) is 11.6 Å². The third-order valence-corrected chi connectivity index (χ3v) is 5.00. The van der Waals surface area contributed by atoms with Crippen LogP contribution in [0.4, 0.5) is 5.82 Å². The highest BCUT2D eigenvalue weighted by atomic mass is 16.5. The van der Waals surface area contributed by atoms with E-state index in [-0.39, 0.29) is 5.91 Å². The number of carbonyl (C=O) groups is 1. The van der Waals surface area contributed by atoms with Crippen molar-refractivity contribution in [1.82, 2.24) is 14.9 Å². The van der Waals surface area contributed by atoms with Crippen LogP contribution in [-0.4, -0.2) is 41.0 Å². The maximum absolute atomic E-state index is 12.6. The Morgan fingerprint density at radius 1 is 1.36 bits per heavy atom. The molecule has 3 heterocycles. The number of nitrogens with one attached hydrogen (secondary N) is 2. The lowest BCUT2D eigenvalue weighted by atomic mass is 10.1. The molecule has 0 atom stereocenters. The van der Waals surface area contributed by atoms with Crippen molar-refractivity contribution >= 4 is 28.7 Å². The summed E-state index contributed by atoms with van der Waals surface area (Å²) in [6.07, 6.45) is 6.04. The normalized spacial score (nSPS) is 13.6. The molecule has 0 unspecified atom stereocenters. The number of nitrogens with zero attached hydrogens (tertiary/aromatic N) is 2. The molecule has 4 rings (SSSR count). The Bertz CT molecular complexity index is 1040. The molecule has 1 aliphatic heterocycles. The second kappa shape index (κ2) is 7.76. The molecule has 0 spiro atoms. The third kappa shape index (κ3) is 3.71. The van der Waals surface area contributed by atoms with Crippen LogP contribution in [0.15, 0.2) is 42.6 Å². The highest BCUT2D eigenvalue weighted by Crippen LogP contribution is 2.26. The number of hydrogen-bond donors (Lipinski definition) is 2. The SMILES string of the molecule is Cc1c(CN(C)C(=O)C=Cc2cnc3c(c2)OCCCN3)[nH]c2ccccc12. The Balaban J connectivity index is 1.45. The number of anilines is 1. The van der Waals surface area contributed by atoms with Gasteiger partial charge < -0.3 is 19.9 Å². The molecule has 0 radical (unpaired) electrons. The molecular formula is C22H24N4O2. The lowest BCUT2D eigenvalue weighted by Gasteiger charge is -2.15. The quantitative estimate of drug-likeness (QED) is 0.681. The molecule has 2 aromatic heterocycles. The fourth-order valence-corrected chi connectivity index (χ4v) is 3.36. The molecule has 3 aromatic rings. The van der Waals surface area contributed by atoms with Gasteiger partial charge in [-0.1, -0.05) is 18.2 Å². The average molecular weight is 376 g/mol. The average Bonchev–Trinajstić information content (AvgIpc) is 2.88. The van der Waals surface area contributed by atoms with Gasteiger partial charge in [0.2, 0.25) is 5.91 Å². The Morgan fingerprint density at radius 3 is 3.07 bits per heavy atom. The Hall–Kier alpha value is -3.28. The van der Waals surface area contributed by atoms with E-state index in [9.17, 15) is 4.79 Å². The first kappa shape index (κ1) is 18.1. The van der Waals surface area contributed by atoms with Gasteiger partial charge in [0.05, 0.1) is 13.2 Å². The number of ether oxygens (including phenoxy) is 1. The van der Waals surface area contributed by atoms with Crippen molar-refractivity contribution < 1.29 is 9.53 Å². The molecule has 1 aromatic carbocycles. The first-order chi connectivity index (χ1) is 13.6. The summed E-state index contributed by atoms with van der Waals surface area (Å²) in [5.41, 5.74) is 4.16. The zero-order valence-electron chi connectivity index (χ0n) is 16.2. The number of para-hydroxylation sites is 1. The number of amides is 1. The number of H-pyrrole nitrogens is 1. The van der Waals surface area contributed by atoms with Crippen molar-refractivity contribution in [2.45, 2.75) is 19.9 Å². The van der Waals surface area contributed by atoms with Gasteiger partial charge in [0, 0.05) is 42.5 Å². The number of aromatic nitrogens is 2. The standard InChI is InChI=1S/C22H24N4O2/c1-15-17-6-3-4-7-18(17)25-19(15)14-26(2)21(27)9-8-16-12-20-22(24-13-16)23-10-5-11-28-20/h3-4,6-9,12-13,25H,5,10-11,14H2,1-2H3,(H,23,24). The number of aryl methyl sites for hydroxylation is 1. The Kier molecular flexibility index (Phi) is 5.02. The monoisotopic (exact) mass is 376 g/mol. The summed E-state index contributed by atoms with van der Waals surface area (Å²) in [4.78, 5) is 22.1. The smallest absolute Gasteiger partial charge is 0.246 e. The lowest BCUT2D eigenvalue weighted by Crippen LogP contribution is -2.24. The third-order valence-electron chi connectivity index (χ3n) is 5.00. The summed E-state index contributed by atoms with van der Waals surface area (Å²) in [5.74, 6) is 1.42. The number of carbonyl (C=O) groups excluding carboxylic acids is 1. The molecule has 0 saturated heterocycles. The minimum atomic E-state index is -0.0629. The number of rotatable bonds is 4. The minimum Gasteiger partial charge on any atom is -0.490 e. The number of benzene rings is 1. The van der Waals surface area contributed by atoms with E-state index in [0.717, 1.165) is 41.3 Å². The molecule has 1 aliphatic rings. The van der Waals surface area contributed by atoms with Crippen LogP contribution in [0.5, 0.6) is 5.75 Å². The van der Waals surface area contributed by atoms with Crippen LogP contribution in [0.1, 0.15) is 23.2 Å². The van der Waals surface area contributed by atoms with Crippen molar-refractivity contribution in [2.75, 3.05) is 25.5 Å². The van der Waals surface area contributed by atoms with E-state index in [1.54, 1.807) is 30.3 Å². The summed E-state index contributed by atoms with van der Waals surface area (Å²) >= 11 is 0. The van der Waals surface area contributed by atoms with Gasteiger partial charge in [0.25, 0.3) is 0 Å². The second-order valence-corrected chi connectivity index (χ2v) is 7.05. The molecule has 6 heteroatoms. The largest absolute Gasteiger partial charge is 0.490 e. The van der Waals surface area contributed by atoms with Gasteiger partial charge in [-0.25, -0.2) is 4.98 Å². The Labute approximate surface area is 164 Å². The van der Waals surface area contributed by atoms with Gasteiger partial charge >= 0.3 is 0 Å². The van der Waals surface area contributed by atoms with Crippen LogP contribution in [0, 0.1) is 6.92 Å². The predicted molar refractivity (Wildman–Crippen MR) is 111 cm³/mol. The van der Waals surface area contributed by atoms with E-state index in [1.165, 1.54) is 10.9 Å². The summed E-state index contributed by atoms with van der Waals surface area (Å²) in [6.45, 7) is 4.13. The van der Waals surface area contributed by atoms with Crippen molar-refractivity contribution in [2.24, 2.45) is 0 Å². The highest BCUT2D eigenvalue weighted by molar-refractivity contribution is 5.92. The minimum absolute atomic E-state index is 0.0629. The molecule has 1 amide bonds. The van der Waals surface area contributed by atoms with Crippen molar-refractivity contribution in [3.05, 3.63) is 59.4 Å². The van der Waals surface area contributed by atoms with E-state index in [2.05, 4.69) is 34.3 Å². The van der Waals surface area contributed by atoms with Gasteiger partial charge in [-0.2, -0.15) is 0 Å². The molecule has 0 aliphatic carbocycles. The number of likely N-dealkylation sites (N-methyl/N-ethyl adjacent to an activating group) is 1. The molecular weight excluding hydrogens is 352 g/mol. The first-order valence-corrected chi connectivity index (χ1v) is 9.48. The van der Waals surface area contributed by atoms with Crippen LogP contribution < -0.4 is 10.1 Å². The maximum atomic E-state index is 12.6. The molecule has 144 valence electrons. The predicted octanol–water partition coefficient (Wildman–Crippen LogP) is 3.74. The van der Waals surface area contributed by atoms with Gasteiger partial charge in [-0.3, -0.25) is 4.79 Å². The Morgan fingerprint density at radius 2 is 2.21 bits per heavy atom. The molecule has 0 bridgehead atoms. The highest BCUT2D eigenvalue weighted by Gasteiger charge is 2.13. The zero-order valence-corrected chi connectivity index (χ0v) is 16.2. The fraction of sp³-hybridized carbons (Fsp3) is 0.273. The number of pyridine rings is 1. The summed E-state index contributed by atoms with van der Waals surface area (Å²) < 4.78 is 5.71. The van der Waals surface area contributed by atoms with Crippen LogP contribution >= 0.6 is 0 Å². The number of hydrogen-bond acceptors (Lipinski definition) is 4. The fourth-order valence-electron chi connectivity index (χ4n) is 3.36. The van der Waals surface area contributed by atoms with E-state index in [0.29, 0.717) is 13.2 Å². The molecule has 0 fully saturated rings. The van der Waals surface area contributed by atoms with Crippen molar-refractivity contribution in [1.29, 1.82) is 0 Å². The first-order valence-electron chi connectivity index (χ1n) is 9.48. The van der Waals surface area contributed by atoms with E-state index < -0.39 is 0 Å². The van der Waals surface area contributed by atoms with Crippen molar-refractivity contribution in [3.63, 3.8) is 0 Å². The van der Waals surface area contributed by atoms with Gasteiger partial charge in [-0.05, 0) is 42.7 Å². The van der Waals surface area contributed by atoms with Crippen LogP contribution in [-0.2, 0) is 11.3 Å². The topological polar surface area (TPSA) is 70.2 Å².